The van der Waals surface area contributed by atoms with Gasteiger partial charge in [-0.05, 0) is 35.9 Å². The van der Waals surface area contributed by atoms with Crippen LogP contribution in [0.4, 0.5) is 23.0 Å². The molecule has 2 aromatic heterocycles. The monoisotopic (exact) mass is 336 g/mol. The number of pyridine rings is 1. The van der Waals surface area contributed by atoms with Gasteiger partial charge in [-0.25, -0.2) is 14.8 Å². The summed E-state index contributed by atoms with van der Waals surface area (Å²) in [7, 11) is 0. The lowest BCUT2D eigenvalue weighted by Crippen LogP contribution is -2.08. The minimum atomic E-state index is -0.977. The minimum Gasteiger partial charge on any atom is -0.478 e. The van der Waals surface area contributed by atoms with Crippen molar-refractivity contribution in [2.45, 2.75) is 6.54 Å². The van der Waals surface area contributed by atoms with Crippen molar-refractivity contribution in [2.75, 3.05) is 16.4 Å². The Morgan fingerprint density at radius 2 is 1.88 bits per heavy atom. The van der Waals surface area contributed by atoms with Crippen LogP contribution in [-0.4, -0.2) is 26.0 Å². The maximum absolute atomic E-state index is 10.9. The van der Waals surface area contributed by atoms with E-state index in [0.29, 0.717) is 29.6 Å². The molecule has 25 heavy (non-hydrogen) atoms. The van der Waals surface area contributed by atoms with Crippen LogP contribution in [0, 0.1) is 0 Å². The molecule has 0 saturated carbocycles. The number of carbonyl (C=O) groups is 1. The fourth-order valence-electron chi connectivity index (χ4n) is 2.16. The van der Waals surface area contributed by atoms with E-state index in [-0.39, 0.29) is 5.56 Å². The Balaban J connectivity index is 1.73. The van der Waals surface area contributed by atoms with E-state index in [2.05, 4.69) is 25.6 Å². The third kappa shape index (κ3) is 3.99. The number of hydrogen-bond acceptors (Lipinski definition) is 7. The zero-order valence-electron chi connectivity index (χ0n) is 13.2. The van der Waals surface area contributed by atoms with E-state index in [0.717, 1.165) is 5.56 Å². The molecule has 0 atom stereocenters. The summed E-state index contributed by atoms with van der Waals surface area (Å²) in [6, 6.07) is 10.1. The van der Waals surface area contributed by atoms with Gasteiger partial charge in [-0.1, -0.05) is 6.07 Å². The number of benzene rings is 1. The lowest BCUT2D eigenvalue weighted by molar-refractivity contribution is 0.0697. The Kier molecular flexibility index (Phi) is 4.70. The molecule has 1 aromatic carbocycles. The maximum atomic E-state index is 10.9. The number of carboxylic acids is 1. The third-order valence-corrected chi connectivity index (χ3v) is 3.46. The molecule has 0 aliphatic carbocycles. The molecule has 8 nitrogen and oxygen atoms in total. The van der Waals surface area contributed by atoms with Gasteiger partial charge in [0, 0.05) is 24.6 Å². The molecule has 126 valence electrons. The van der Waals surface area contributed by atoms with Gasteiger partial charge >= 0.3 is 5.97 Å². The van der Waals surface area contributed by atoms with Gasteiger partial charge in [0.2, 0.25) is 0 Å². The molecule has 0 saturated heterocycles. The summed E-state index contributed by atoms with van der Waals surface area (Å²) < 4.78 is 0. The van der Waals surface area contributed by atoms with E-state index in [4.69, 9.17) is 10.8 Å². The molecule has 0 spiro atoms. The molecule has 0 amide bonds. The second kappa shape index (κ2) is 7.26. The highest BCUT2D eigenvalue weighted by molar-refractivity contribution is 5.88. The fourth-order valence-corrected chi connectivity index (χ4v) is 2.16. The van der Waals surface area contributed by atoms with E-state index in [1.807, 2.05) is 12.1 Å². The van der Waals surface area contributed by atoms with Crippen molar-refractivity contribution in [1.82, 2.24) is 15.0 Å². The number of carboxylic acid groups (broad SMARTS) is 1. The first-order valence-corrected chi connectivity index (χ1v) is 7.47. The SMILES string of the molecule is Nc1c(NCc2cccnc2)ncnc1Nc1ccc(C(=O)O)cc1. The van der Waals surface area contributed by atoms with Crippen LogP contribution >= 0.6 is 0 Å². The Hall–Kier alpha value is -3.68. The summed E-state index contributed by atoms with van der Waals surface area (Å²) in [6.45, 7) is 0.530. The molecule has 5 N–H and O–H groups in total. The van der Waals surface area contributed by atoms with Gasteiger partial charge in [-0.2, -0.15) is 0 Å². The van der Waals surface area contributed by atoms with Crippen molar-refractivity contribution in [2.24, 2.45) is 0 Å². The van der Waals surface area contributed by atoms with Crippen molar-refractivity contribution in [3.63, 3.8) is 0 Å². The quantitative estimate of drug-likeness (QED) is 0.541. The molecule has 0 aliphatic rings. The first-order chi connectivity index (χ1) is 12.1. The molecular formula is C17H16N6O2. The van der Waals surface area contributed by atoms with Crippen LogP contribution in [0.1, 0.15) is 15.9 Å². The summed E-state index contributed by atoms with van der Waals surface area (Å²) in [5, 5.41) is 15.1. The molecule has 0 unspecified atom stereocenters. The van der Waals surface area contributed by atoms with Crippen LogP contribution in [0.15, 0.2) is 55.1 Å². The summed E-state index contributed by atoms with van der Waals surface area (Å²) in [5.41, 5.74) is 8.37. The molecule has 0 fully saturated rings. The van der Waals surface area contributed by atoms with Gasteiger partial charge in [0.15, 0.2) is 11.6 Å². The van der Waals surface area contributed by atoms with Gasteiger partial charge < -0.3 is 21.5 Å². The maximum Gasteiger partial charge on any atom is 0.335 e. The zero-order chi connectivity index (χ0) is 17.6. The molecule has 8 heteroatoms. The molecular weight excluding hydrogens is 320 g/mol. The number of nitrogens with zero attached hydrogens (tertiary/aromatic N) is 3. The number of aromatic carboxylic acids is 1. The van der Waals surface area contributed by atoms with Gasteiger partial charge in [0.25, 0.3) is 0 Å². The molecule has 3 rings (SSSR count). The van der Waals surface area contributed by atoms with E-state index in [1.54, 1.807) is 24.5 Å². The Bertz CT molecular complexity index is 868. The third-order valence-electron chi connectivity index (χ3n) is 3.46. The highest BCUT2D eigenvalue weighted by Crippen LogP contribution is 2.26. The van der Waals surface area contributed by atoms with Crippen molar-refractivity contribution in [1.29, 1.82) is 0 Å². The molecule has 0 aliphatic heterocycles. The average Bonchev–Trinajstić information content (AvgIpc) is 2.64. The predicted octanol–water partition coefficient (Wildman–Crippen LogP) is 2.51. The number of nitrogens with one attached hydrogen (secondary N) is 2. The van der Waals surface area contributed by atoms with E-state index in [1.165, 1.54) is 18.5 Å². The Morgan fingerprint density at radius 1 is 1.12 bits per heavy atom. The summed E-state index contributed by atoms with van der Waals surface area (Å²) in [5.74, 6) is -0.0368. The first kappa shape index (κ1) is 16.2. The Labute approximate surface area is 143 Å². The van der Waals surface area contributed by atoms with Gasteiger partial charge in [-0.3, -0.25) is 4.98 Å². The Morgan fingerprint density at radius 3 is 2.56 bits per heavy atom. The molecule has 0 radical (unpaired) electrons. The highest BCUT2D eigenvalue weighted by atomic mass is 16.4. The standard InChI is InChI=1S/C17H16N6O2/c18-14-15(20-9-11-2-1-7-19-8-11)21-10-22-16(14)23-13-5-3-12(4-6-13)17(24)25/h1-8,10H,9,18H2,(H,24,25)(H2,20,21,22,23). The van der Waals surface area contributed by atoms with Crippen molar-refractivity contribution < 1.29 is 9.90 Å². The number of hydrogen-bond donors (Lipinski definition) is 4. The van der Waals surface area contributed by atoms with Crippen LogP contribution in [0.2, 0.25) is 0 Å². The topological polar surface area (TPSA) is 126 Å². The second-order valence-corrected chi connectivity index (χ2v) is 5.21. The number of rotatable bonds is 6. The van der Waals surface area contributed by atoms with E-state index >= 15 is 0 Å². The lowest BCUT2D eigenvalue weighted by atomic mass is 10.2. The van der Waals surface area contributed by atoms with Crippen LogP contribution < -0.4 is 16.4 Å². The summed E-state index contributed by atoms with van der Waals surface area (Å²) in [4.78, 5) is 23.2. The second-order valence-electron chi connectivity index (χ2n) is 5.21. The number of nitrogen functional groups attached to an aromatic ring is 1. The first-order valence-electron chi connectivity index (χ1n) is 7.47. The normalized spacial score (nSPS) is 10.2. The van der Waals surface area contributed by atoms with Crippen molar-refractivity contribution >= 4 is 29.0 Å². The summed E-state index contributed by atoms with van der Waals surface area (Å²) in [6.07, 6.45) is 4.86. The van der Waals surface area contributed by atoms with Gasteiger partial charge in [0.05, 0.1) is 5.56 Å². The van der Waals surface area contributed by atoms with Crippen molar-refractivity contribution in [3.8, 4) is 0 Å². The zero-order valence-corrected chi connectivity index (χ0v) is 13.2. The largest absolute Gasteiger partial charge is 0.478 e. The van der Waals surface area contributed by atoms with Gasteiger partial charge in [-0.15, -0.1) is 0 Å². The number of nitrogens with two attached hydrogens (primary N) is 1. The smallest absolute Gasteiger partial charge is 0.335 e. The van der Waals surface area contributed by atoms with Crippen LogP contribution in [-0.2, 0) is 6.54 Å². The lowest BCUT2D eigenvalue weighted by Gasteiger charge is -2.12. The summed E-state index contributed by atoms with van der Waals surface area (Å²) >= 11 is 0. The van der Waals surface area contributed by atoms with Crippen molar-refractivity contribution in [3.05, 3.63) is 66.2 Å². The average molecular weight is 336 g/mol. The highest BCUT2D eigenvalue weighted by Gasteiger charge is 2.09. The van der Waals surface area contributed by atoms with Crippen LogP contribution in [0.3, 0.4) is 0 Å². The van der Waals surface area contributed by atoms with E-state index < -0.39 is 5.97 Å². The molecule has 3 aromatic rings. The number of anilines is 4. The molecule has 2 heterocycles. The number of aromatic nitrogens is 3. The fraction of sp³-hybridized carbons (Fsp3) is 0.0588. The molecule has 0 bridgehead atoms. The van der Waals surface area contributed by atoms with Crippen LogP contribution in [0.5, 0.6) is 0 Å². The van der Waals surface area contributed by atoms with Crippen LogP contribution in [0.25, 0.3) is 0 Å². The predicted molar refractivity (Wildman–Crippen MR) is 94.7 cm³/mol. The van der Waals surface area contributed by atoms with E-state index in [9.17, 15) is 4.79 Å². The minimum absolute atomic E-state index is 0.208. The van der Waals surface area contributed by atoms with Gasteiger partial charge in [0.1, 0.15) is 12.0 Å².